The van der Waals surface area contributed by atoms with Crippen molar-refractivity contribution in [2.24, 2.45) is 0 Å². The Balaban J connectivity index is 2.00. The lowest BCUT2D eigenvalue weighted by molar-refractivity contribution is -0.113. The average Bonchev–Trinajstić information content (AvgIpc) is 2.44. The van der Waals surface area contributed by atoms with Gasteiger partial charge in [0.15, 0.2) is 0 Å². The van der Waals surface area contributed by atoms with E-state index < -0.39 is 5.97 Å². The molecule has 0 aliphatic heterocycles. The average molecular weight is 316 g/mol. The number of pyridine rings is 1. The van der Waals surface area contributed by atoms with Gasteiger partial charge in [-0.05, 0) is 49.2 Å². The summed E-state index contributed by atoms with van der Waals surface area (Å²) in [6.45, 7) is 3.93. The van der Waals surface area contributed by atoms with Crippen molar-refractivity contribution in [1.82, 2.24) is 4.98 Å². The number of carbonyl (C=O) groups excluding carboxylic acids is 1. The Morgan fingerprint density at radius 1 is 1.23 bits per heavy atom. The molecule has 0 saturated heterocycles. The van der Waals surface area contributed by atoms with E-state index in [1.165, 1.54) is 12.3 Å². The van der Waals surface area contributed by atoms with Crippen molar-refractivity contribution in [3.8, 4) is 0 Å². The number of nitrogens with one attached hydrogen (secondary N) is 1. The van der Waals surface area contributed by atoms with Crippen molar-refractivity contribution >= 4 is 29.3 Å². The highest BCUT2D eigenvalue weighted by Crippen LogP contribution is 2.20. The van der Waals surface area contributed by atoms with E-state index in [2.05, 4.69) is 10.3 Å². The highest BCUT2D eigenvalue weighted by molar-refractivity contribution is 8.00. The van der Waals surface area contributed by atoms with Crippen molar-refractivity contribution in [2.75, 3.05) is 11.1 Å². The lowest BCUT2D eigenvalue weighted by Crippen LogP contribution is -2.14. The van der Waals surface area contributed by atoms with Crippen LogP contribution < -0.4 is 5.32 Å². The van der Waals surface area contributed by atoms with E-state index in [0.29, 0.717) is 5.03 Å². The molecule has 1 aromatic carbocycles. The molecule has 5 nitrogen and oxygen atoms in total. The molecule has 1 heterocycles. The molecule has 114 valence electrons. The summed E-state index contributed by atoms with van der Waals surface area (Å²) in [5, 5.41) is 12.2. The minimum Gasteiger partial charge on any atom is -0.478 e. The van der Waals surface area contributed by atoms with E-state index in [4.69, 9.17) is 5.11 Å². The van der Waals surface area contributed by atoms with Gasteiger partial charge in [0.25, 0.3) is 0 Å². The Morgan fingerprint density at radius 2 is 1.91 bits per heavy atom. The normalized spacial score (nSPS) is 10.3. The van der Waals surface area contributed by atoms with Crippen LogP contribution in [-0.2, 0) is 4.79 Å². The Morgan fingerprint density at radius 3 is 2.55 bits per heavy atom. The second-order valence-corrected chi connectivity index (χ2v) is 5.84. The van der Waals surface area contributed by atoms with Crippen molar-refractivity contribution in [3.05, 3.63) is 53.2 Å². The number of aromatic nitrogens is 1. The maximum absolute atomic E-state index is 12.0. The number of anilines is 1. The van der Waals surface area contributed by atoms with Crippen molar-refractivity contribution in [2.45, 2.75) is 18.9 Å². The van der Waals surface area contributed by atoms with Gasteiger partial charge in [-0.25, -0.2) is 9.78 Å². The molecule has 0 saturated carbocycles. The van der Waals surface area contributed by atoms with E-state index in [1.54, 1.807) is 6.07 Å². The van der Waals surface area contributed by atoms with Crippen molar-refractivity contribution < 1.29 is 14.7 Å². The maximum atomic E-state index is 12.0. The molecule has 0 aliphatic rings. The molecule has 0 unspecified atom stereocenters. The molecule has 22 heavy (non-hydrogen) atoms. The van der Waals surface area contributed by atoms with Crippen LogP contribution in [0.2, 0.25) is 0 Å². The number of rotatable bonds is 5. The number of carboxylic acid groups (broad SMARTS) is 1. The first-order valence-corrected chi connectivity index (χ1v) is 7.63. The predicted molar refractivity (Wildman–Crippen MR) is 86.5 cm³/mol. The number of amides is 1. The van der Waals surface area contributed by atoms with Crippen LogP contribution in [0.25, 0.3) is 0 Å². The maximum Gasteiger partial charge on any atom is 0.338 e. The number of hydrogen-bond donors (Lipinski definition) is 2. The fourth-order valence-electron chi connectivity index (χ4n) is 2.05. The number of carbonyl (C=O) groups is 2. The summed E-state index contributed by atoms with van der Waals surface area (Å²) < 4.78 is 0. The highest BCUT2D eigenvalue weighted by atomic mass is 32.2. The monoisotopic (exact) mass is 316 g/mol. The van der Waals surface area contributed by atoms with Crippen LogP contribution in [-0.4, -0.2) is 27.7 Å². The SMILES string of the molecule is Cc1cc(C)cc(NC(=O)CSc2ncccc2C(=O)O)c1. The Hall–Kier alpha value is -2.34. The van der Waals surface area contributed by atoms with Crippen LogP contribution >= 0.6 is 11.8 Å². The fourth-order valence-corrected chi connectivity index (χ4v) is 2.83. The zero-order valence-electron chi connectivity index (χ0n) is 12.3. The summed E-state index contributed by atoms with van der Waals surface area (Å²) in [5.74, 6) is -1.15. The minimum atomic E-state index is -1.05. The van der Waals surface area contributed by atoms with E-state index in [-0.39, 0.29) is 17.2 Å². The predicted octanol–water partition coefficient (Wildman–Crippen LogP) is 3.13. The summed E-state index contributed by atoms with van der Waals surface area (Å²) in [5.41, 5.74) is 2.98. The zero-order chi connectivity index (χ0) is 16.1. The molecule has 0 spiro atoms. The van der Waals surface area contributed by atoms with E-state index in [0.717, 1.165) is 28.6 Å². The van der Waals surface area contributed by atoms with Gasteiger partial charge in [0.2, 0.25) is 5.91 Å². The quantitative estimate of drug-likeness (QED) is 0.829. The van der Waals surface area contributed by atoms with Crippen LogP contribution in [0.15, 0.2) is 41.6 Å². The topological polar surface area (TPSA) is 79.3 Å². The van der Waals surface area contributed by atoms with Gasteiger partial charge >= 0.3 is 5.97 Å². The standard InChI is InChI=1S/C16H16N2O3S/c1-10-6-11(2)8-12(7-10)18-14(19)9-22-15-13(16(20)21)4-3-5-17-15/h3-8H,9H2,1-2H3,(H,18,19)(H,20,21). The van der Waals surface area contributed by atoms with Gasteiger partial charge in [0.1, 0.15) is 5.03 Å². The molecule has 2 aromatic rings. The van der Waals surface area contributed by atoms with E-state index in [9.17, 15) is 9.59 Å². The van der Waals surface area contributed by atoms with Gasteiger partial charge in [-0.1, -0.05) is 17.8 Å². The first-order valence-electron chi connectivity index (χ1n) is 6.65. The Labute approximate surface area is 132 Å². The second kappa shape index (κ2) is 7.09. The number of benzene rings is 1. The summed E-state index contributed by atoms with van der Waals surface area (Å²) in [6, 6.07) is 8.83. The molecule has 6 heteroatoms. The summed E-state index contributed by atoms with van der Waals surface area (Å²) in [4.78, 5) is 27.1. The van der Waals surface area contributed by atoms with Crippen molar-refractivity contribution in [1.29, 1.82) is 0 Å². The number of aryl methyl sites for hydroxylation is 2. The first-order chi connectivity index (χ1) is 10.5. The van der Waals surface area contributed by atoms with Gasteiger partial charge < -0.3 is 10.4 Å². The number of hydrogen-bond acceptors (Lipinski definition) is 4. The molecule has 1 amide bonds. The third kappa shape index (κ3) is 4.33. The van der Waals surface area contributed by atoms with E-state index >= 15 is 0 Å². The number of nitrogens with zero attached hydrogens (tertiary/aromatic N) is 1. The fraction of sp³-hybridized carbons (Fsp3) is 0.188. The lowest BCUT2D eigenvalue weighted by Gasteiger charge is -2.08. The number of carboxylic acids is 1. The van der Waals surface area contributed by atoms with Crippen molar-refractivity contribution in [3.63, 3.8) is 0 Å². The zero-order valence-corrected chi connectivity index (χ0v) is 13.1. The van der Waals surface area contributed by atoms with Gasteiger partial charge in [-0.2, -0.15) is 0 Å². The van der Waals surface area contributed by atoms with Gasteiger partial charge in [-0.3, -0.25) is 4.79 Å². The lowest BCUT2D eigenvalue weighted by atomic mass is 10.1. The number of thioether (sulfide) groups is 1. The van der Waals surface area contributed by atoms with Gasteiger partial charge in [0, 0.05) is 11.9 Å². The molecular formula is C16H16N2O3S. The minimum absolute atomic E-state index is 0.101. The molecule has 0 aliphatic carbocycles. The van der Waals surface area contributed by atoms with Crippen LogP contribution in [0.1, 0.15) is 21.5 Å². The molecule has 0 atom stereocenters. The summed E-state index contributed by atoms with van der Waals surface area (Å²) >= 11 is 1.11. The Bertz CT molecular complexity index is 696. The van der Waals surface area contributed by atoms with E-state index in [1.807, 2.05) is 32.0 Å². The van der Waals surface area contributed by atoms with Crippen LogP contribution in [0.4, 0.5) is 5.69 Å². The molecule has 0 bridgehead atoms. The molecule has 0 fully saturated rings. The first kappa shape index (κ1) is 16.0. The van der Waals surface area contributed by atoms with Gasteiger partial charge in [0.05, 0.1) is 11.3 Å². The van der Waals surface area contributed by atoms with Crippen LogP contribution in [0, 0.1) is 13.8 Å². The molecular weight excluding hydrogens is 300 g/mol. The highest BCUT2D eigenvalue weighted by Gasteiger charge is 2.13. The van der Waals surface area contributed by atoms with Crippen LogP contribution in [0.3, 0.4) is 0 Å². The molecule has 2 N–H and O–H groups in total. The Kier molecular flexibility index (Phi) is 5.16. The summed E-state index contributed by atoms with van der Waals surface area (Å²) in [6.07, 6.45) is 1.51. The number of aromatic carboxylic acids is 1. The third-order valence-corrected chi connectivity index (χ3v) is 3.85. The second-order valence-electron chi connectivity index (χ2n) is 4.87. The molecule has 1 aromatic heterocycles. The molecule has 0 radical (unpaired) electrons. The van der Waals surface area contributed by atoms with Crippen LogP contribution in [0.5, 0.6) is 0 Å². The van der Waals surface area contributed by atoms with Gasteiger partial charge in [-0.15, -0.1) is 0 Å². The smallest absolute Gasteiger partial charge is 0.338 e. The third-order valence-electron chi connectivity index (χ3n) is 2.85. The summed E-state index contributed by atoms with van der Waals surface area (Å²) in [7, 11) is 0. The largest absolute Gasteiger partial charge is 0.478 e. The molecule has 2 rings (SSSR count).